The lowest BCUT2D eigenvalue weighted by Crippen LogP contribution is -2.15. The minimum Gasteiger partial charge on any atom is -0.506 e. The van der Waals surface area contributed by atoms with Crippen molar-refractivity contribution >= 4 is 27.5 Å². The minimum absolute atomic E-state index is 0.0746. The number of anilines is 1. The highest BCUT2D eigenvalue weighted by Gasteiger charge is 2.11. The molecule has 4 nitrogen and oxygen atoms in total. The Kier molecular flexibility index (Phi) is 6.87. The van der Waals surface area contributed by atoms with Crippen molar-refractivity contribution in [2.24, 2.45) is 11.7 Å². The molecule has 0 saturated heterocycles. The van der Waals surface area contributed by atoms with Gasteiger partial charge in [-0.05, 0) is 43.5 Å². The van der Waals surface area contributed by atoms with E-state index in [0.29, 0.717) is 24.6 Å². The second-order valence-corrected chi connectivity index (χ2v) is 5.52. The van der Waals surface area contributed by atoms with Crippen LogP contribution < -0.4 is 11.1 Å². The van der Waals surface area contributed by atoms with Crippen LogP contribution in [0.5, 0.6) is 5.75 Å². The number of aromatic hydroxyl groups is 1. The van der Waals surface area contributed by atoms with Gasteiger partial charge in [0.1, 0.15) is 5.75 Å². The number of phenolic OH excluding ortho intramolecular Hbond substituents is 1. The summed E-state index contributed by atoms with van der Waals surface area (Å²) >= 11 is 3.30. The number of amides is 1. The van der Waals surface area contributed by atoms with Crippen LogP contribution in [0.4, 0.5) is 5.69 Å². The fourth-order valence-corrected chi connectivity index (χ4v) is 2.31. The van der Waals surface area contributed by atoms with Gasteiger partial charge in [-0.1, -0.05) is 29.3 Å². The first-order valence-corrected chi connectivity index (χ1v) is 7.34. The molecule has 0 bridgehead atoms. The van der Waals surface area contributed by atoms with Crippen LogP contribution >= 0.6 is 15.9 Å². The molecule has 1 atom stereocenters. The van der Waals surface area contributed by atoms with E-state index in [9.17, 15) is 9.90 Å². The van der Waals surface area contributed by atoms with E-state index >= 15 is 0 Å². The third-order valence-electron chi connectivity index (χ3n) is 3.16. The zero-order valence-electron chi connectivity index (χ0n) is 11.2. The van der Waals surface area contributed by atoms with E-state index in [4.69, 9.17) is 5.73 Å². The predicted molar refractivity (Wildman–Crippen MR) is 81.1 cm³/mol. The van der Waals surface area contributed by atoms with E-state index in [1.54, 1.807) is 18.2 Å². The lowest BCUT2D eigenvalue weighted by Gasteiger charge is -2.13. The zero-order valence-corrected chi connectivity index (χ0v) is 12.7. The summed E-state index contributed by atoms with van der Waals surface area (Å²) in [7, 11) is 0. The first-order valence-electron chi connectivity index (χ1n) is 6.55. The maximum atomic E-state index is 11.8. The van der Waals surface area contributed by atoms with Crippen LogP contribution in [-0.4, -0.2) is 17.6 Å². The lowest BCUT2D eigenvalue weighted by molar-refractivity contribution is -0.116. The van der Waals surface area contributed by atoms with Gasteiger partial charge >= 0.3 is 0 Å². The Labute approximate surface area is 122 Å². The van der Waals surface area contributed by atoms with Crippen LogP contribution in [0.15, 0.2) is 22.7 Å². The molecule has 0 aromatic heterocycles. The van der Waals surface area contributed by atoms with Crippen LogP contribution in [0.25, 0.3) is 0 Å². The highest BCUT2D eigenvalue weighted by molar-refractivity contribution is 9.10. The molecule has 0 aliphatic heterocycles. The molecule has 106 valence electrons. The zero-order chi connectivity index (χ0) is 14.3. The Hall–Kier alpha value is -1.07. The average molecular weight is 329 g/mol. The number of carbonyl (C=O) groups excluding carboxylic acids is 1. The predicted octanol–water partition coefficient (Wildman–Crippen LogP) is 3.25. The van der Waals surface area contributed by atoms with Crippen LogP contribution in [0.1, 0.15) is 32.6 Å². The van der Waals surface area contributed by atoms with Crippen molar-refractivity contribution in [2.75, 3.05) is 11.9 Å². The van der Waals surface area contributed by atoms with Crippen LogP contribution in [-0.2, 0) is 4.79 Å². The molecular weight excluding hydrogens is 308 g/mol. The Morgan fingerprint density at radius 3 is 2.84 bits per heavy atom. The number of rotatable bonds is 7. The summed E-state index contributed by atoms with van der Waals surface area (Å²) < 4.78 is 0.815. The van der Waals surface area contributed by atoms with E-state index in [0.717, 1.165) is 23.7 Å². The fourth-order valence-electron chi connectivity index (χ4n) is 1.94. The van der Waals surface area contributed by atoms with E-state index in [-0.39, 0.29) is 11.7 Å². The number of phenols is 1. The monoisotopic (exact) mass is 328 g/mol. The molecule has 1 aromatic rings. The molecule has 1 amide bonds. The van der Waals surface area contributed by atoms with Gasteiger partial charge in [-0.2, -0.15) is 0 Å². The second-order valence-electron chi connectivity index (χ2n) is 4.60. The molecule has 0 saturated carbocycles. The molecule has 0 radical (unpaired) electrons. The summed E-state index contributed by atoms with van der Waals surface area (Å²) in [6.45, 7) is 2.77. The van der Waals surface area contributed by atoms with Crippen molar-refractivity contribution in [2.45, 2.75) is 32.6 Å². The quantitative estimate of drug-likeness (QED) is 0.672. The number of halogens is 1. The van der Waals surface area contributed by atoms with Crippen molar-refractivity contribution in [3.8, 4) is 5.75 Å². The molecule has 1 unspecified atom stereocenters. The largest absolute Gasteiger partial charge is 0.506 e. The number of hydrogen-bond donors (Lipinski definition) is 3. The molecule has 0 spiro atoms. The SMILES string of the molecule is CCC(CCN)CCC(=O)Nc1cc(Br)ccc1O. The molecule has 0 heterocycles. The maximum Gasteiger partial charge on any atom is 0.224 e. The van der Waals surface area contributed by atoms with E-state index < -0.39 is 0 Å². The molecule has 4 N–H and O–H groups in total. The maximum absolute atomic E-state index is 11.8. The van der Waals surface area contributed by atoms with Gasteiger partial charge in [-0.15, -0.1) is 0 Å². The van der Waals surface area contributed by atoms with Crippen LogP contribution in [0.2, 0.25) is 0 Å². The van der Waals surface area contributed by atoms with Gasteiger partial charge in [0.2, 0.25) is 5.91 Å². The fraction of sp³-hybridized carbons (Fsp3) is 0.500. The van der Waals surface area contributed by atoms with Gasteiger partial charge in [0.25, 0.3) is 0 Å². The number of hydrogen-bond acceptors (Lipinski definition) is 3. The molecular formula is C14H21BrN2O2. The van der Waals surface area contributed by atoms with Crippen molar-refractivity contribution in [3.63, 3.8) is 0 Å². The summed E-state index contributed by atoms with van der Waals surface area (Å²) in [6, 6.07) is 4.95. The summed E-state index contributed by atoms with van der Waals surface area (Å²) in [5.74, 6) is 0.487. The van der Waals surface area contributed by atoms with Crippen molar-refractivity contribution < 1.29 is 9.90 Å². The van der Waals surface area contributed by atoms with E-state index in [2.05, 4.69) is 28.2 Å². The third kappa shape index (κ3) is 5.61. The summed E-state index contributed by atoms with van der Waals surface area (Å²) in [5.41, 5.74) is 5.97. The van der Waals surface area contributed by atoms with Gasteiger partial charge in [0.05, 0.1) is 5.69 Å². The number of nitrogens with two attached hydrogens (primary N) is 1. The summed E-state index contributed by atoms with van der Waals surface area (Å²) in [6.07, 6.45) is 3.26. The van der Waals surface area contributed by atoms with Crippen molar-refractivity contribution in [1.29, 1.82) is 0 Å². The molecule has 1 rings (SSSR count). The summed E-state index contributed by atoms with van der Waals surface area (Å²) in [4.78, 5) is 11.8. The van der Waals surface area contributed by atoms with Gasteiger partial charge in [-0.25, -0.2) is 0 Å². The Morgan fingerprint density at radius 1 is 1.47 bits per heavy atom. The van der Waals surface area contributed by atoms with Crippen molar-refractivity contribution in [3.05, 3.63) is 22.7 Å². The van der Waals surface area contributed by atoms with Crippen LogP contribution in [0.3, 0.4) is 0 Å². The highest BCUT2D eigenvalue weighted by Crippen LogP contribution is 2.27. The normalized spacial score (nSPS) is 12.2. The Bertz CT molecular complexity index is 424. The second kappa shape index (κ2) is 8.17. The highest BCUT2D eigenvalue weighted by atomic mass is 79.9. The number of benzene rings is 1. The molecule has 0 fully saturated rings. The minimum atomic E-state index is -0.0797. The topological polar surface area (TPSA) is 75.4 Å². The smallest absolute Gasteiger partial charge is 0.224 e. The molecule has 1 aromatic carbocycles. The molecule has 0 aliphatic rings. The van der Waals surface area contributed by atoms with Gasteiger partial charge in [-0.3, -0.25) is 4.79 Å². The first kappa shape index (κ1) is 16.0. The Balaban J connectivity index is 2.48. The number of nitrogens with one attached hydrogen (secondary N) is 1. The van der Waals surface area contributed by atoms with Crippen molar-refractivity contribution in [1.82, 2.24) is 0 Å². The average Bonchev–Trinajstić information content (AvgIpc) is 2.39. The van der Waals surface area contributed by atoms with Gasteiger partial charge in [0, 0.05) is 10.9 Å². The van der Waals surface area contributed by atoms with E-state index in [1.807, 2.05) is 0 Å². The van der Waals surface area contributed by atoms with Gasteiger partial charge in [0.15, 0.2) is 0 Å². The van der Waals surface area contributed by atoms with E-state index in [1.165, 1.54) is 0 Å². The Morgan fingerprint density at radius 2 is 2.21 bits per heavy atom. The molecule has 5 heteroatoms. The molecule has 0 aliphatic carbocycles. The standard InChI is InChI=1S/C14H21BrN2O2/c1-2-10(7-8-16)3-6-14(19)17-12-9-11(15)4-5-13(12)18/h4-5,9-10,18H,2-3,6-8,16H2,1H3,(H,17,19). The molecule has 19 heavy (non-hydrogen) atoms. The summed E-state index contributed by atoms with van der Waals surface area (Å²) in [5, 5.41) is 12.4. The van der Waals surface area contributed by atoms with Crippen LogP contribution in [0, 0.1) is 5.92 Å². The number of carbonyl (C=O) groups is 1. The third-order valence-corrected chi connectivity index (χ3v) is 3.66. The van der Waals surface area contributed by atoms with Gasteiger partial charge < -0.3 is 16.2 Å². The lowest BCUT2D eigenvalue weighted by atomic mass is 9.96. The first-order chi connectivity index (χ1) is 9.06.